The number of hydrogen-bond donors (Lipinski definition) is 1. The lowest BCUT2D eigenvalue weighted by Gasteiger charge is -2.30. The number of fused-ring (bicyclic) bond motifs is 8. The fraction of sp³-hybridized carbons (Fsp3) is 0.400. The van der Waals surface area contributed by atoms with Gasteiger partial charge in [0.05, 0.1) is 23.3 Å². The number of nitrogens with zero attached hydrogens (tertiary/aromatic N) is 6. The smallest absolute Gasteiger partial charge is 0.260 e. The molecule has 9 nitrogen and oxygen atoms in total. The summed E-state index contributed by atoms with van der Waals surface area (Å²) in [7, 11) is 0. The van der Waals surface area contributed by atoms with E-state index >= 15 is 0 Å². The van der Waals surface area contributed by atoms with Gasteiger partial charge < -0.3 is 10.5 Å². The monoisotopic (exact) mass is 389 g/mol. The Morgan fingerprint density at radius 2 is 2.31 bits per heavy atom. The molecule has 5 heterocycles. The van der Waals surface area contributed by atoms with E-state index < -0.39 is 5.91 Å². The largest absolute Gasteiger partial charge is 0.370 e. The third-order valence-electron chi connectivity index (χ3n) is 4.39. The van der Waals surface area contributed by atoms with Crippen LogP contribution in [-0.4, -0.2) is 46.5 Å². The fourth-order valence-corrected chi connectivity index (χ4v) is 5.25. The van der Waals surface area contributed by atoms with E-state index in [-0.39, 0.29) is 11.4 Å². The Bertz CT molecular complexity index is 1190. The van der Waals surface area contributed by atoms with Crippen molar-refractivity contribution in [2.75, 3.05) is 5.75 Å². The van der Waals surface area contributed by atoms with Crippen LogP contribution in [0.2, 0.25) is 0 Å². The Morgan fingerprint density at radius 3 is 3.12 bits per heavy atom. The first-order chi connectivity index (χ1) is 12.4. The van der Waals surface area contributed by atoms with Gasteiger partial charge in [0, 0.05) is 11.3 Å². The van der Waals surface area contributed by atoms with Gasteiger partial charge in [-0.05, 0) is 19.4 Å². The average molecular weight is 389 g/mol. The summed E-state index contributed by atoms with van der Waals surface area (Å²) in [5, 5.41) is 14.5. The topological polar surface area (TPSA) is 113 Å². The highest BCUT2D eigenvalue weighted by Gasteiger charge is 2.32. The number of amides is 1. The summed E-state index contributed by atoms with van der Waals surface area (Å²) < 4.78 is 9.60. The summed E-state index contributed by atoms with van der Waals surface area (Å²) in [5.74, 6) is 0.306. The van der Waals surface area contributed by atoms with Gasteiger partial charge in [-0.25, -0.2) is 9.38 Å². The van der Waals surface area contributed by atoms with Gasteiger partial charge in [-0.2, -0.15) is 9.61 Å². The van der Waals surface area contributed by atoms with E-state index in [0.717, 1.165) is 22.3 Å². The number of ether oxygens (including phenoxy) is 1. The number of thioether (sulfide) groups is 1. The van der Waals surface area contributed by atoms with Gasteiger partial charge in [0.2, 0.25) is 5.91 Å². The van der Waals surface area contributed by atoms with Gasteiger partial charge in [-0.3, -0.25) is 4.79 Å². The molecule has 26 heavy (non-hydrogen) atoms. The Kier molecular flexibility index (Phi) is 3.30. The van der Waals surface area contributed by atoms with Crippen LogP contribution in [-0.2, 0) is 22.6 Å². The van der Waals surface area contributed by atoms with Crippen molar-refractivity contribution >= 4 is 50.6 Å². The van der Waals surface area contributed by atoms with Crippen molar-refractivity contribution in [2.24, 2.45) is 5.73 Å². The van der Waals surface area contributed by atoms with Crippen LogP contribution < -0.4 is 5.73 Å². The molecular weight excluding hydrogens is 374 g/mol. The molecule has 0 radical (unpaired) electrons. The molecule has 0 atom stereocenters. The zero-order valence-corrected chi connectivity index (χ0v) is 15.7. The summed E-state index contributed by atoms with van der Waals surface area (Å²) in [4.78, 5) is 17.8. The van der Waals surface area contributed by atoms with Crippen molar-refractivity contribution in [1.29, 1.82) is 0 Å². The third-order valence-corrected chi connectivity index (χ3v) is 6.53. The minimum Gasteiger partial charge on any atom is -0.370 e. The summed E-state index contributed by atoms with van der Waals surface area (Å²) in [6, 6.07) is 0. The van der Waals surface area contributed by atoms with Gasteiger partial charge in [0.25, 0.3) is 5.78 Å². The predicted molar refractivity (Wildman–Crippen MR) is 97.4 cm³/mol. The number of rotatable bonds is 3. The van der Waals surface area contributed by atoms with Crippen molar-refractivity contribution in [2.45, 2.75) is 37.6 Å². The van der Waals surface area contributed by atoms with E-state index in [0.29, 0.717) is 17.5 Å². The molecule has 0 bridgehead atoms. The van der Waals surface area contributed by atoms with Crippen LogP contribution in [0, 0.1) is 0 Å². The fourth-order valence-electron chi connectivity index (χ4n) is 3.29. The maximum atomic E-state index is 11.2. The molecule has 0 spiro atoms. The minimum absolute atomic E-state index is 0.138. The zero-order valence-electron chi connectivity index (χ0n) is 14.1. The van der Waals surface area contributed by atoms with Crippen LogP contribution in [0.5, 0.6) is 0 Å². The first-order valence-electron chi connectivity index (χ1n) is 8.01. The highest BCUT2D eigenvalue weighted by Crippen LogP contribution is 2.41. The van der Waals surface area contributed by atoms with E-state index in [1.807, 2.05) is 4.40 Å². The Labute approximate surface area is 155 Å². The molecule has 4 aromatic rings. The molecule has 0 aromatic carbocycles. The quantitative estimate of drug-likeness (QED) is 0.527. The minimum atomic E-state index is -0.398. The maximum Gasteiger partial charge on any atom is 0.260 e. The molecule has 0 unspecified atom stereocenters. The van der Waals surface area contributed by atoms with Gasteiger partial charge in [-0.15, -0.1) is 21.5 Å². The standard InChI is InChI=1S/C15H15N7O2S2/c1-15(2)3-7-8(4-24-15)26-12-10(7)11-17-6-18-22(11)13-19-20-14(21(12)13)25-5-9(16)23/h6H,3-5H2,1-2H3,(H2,16,23). The second-order valence-electron chi connectivity index (χ2n) is 6.78. The van der Waals surface area contributed by atoms with Gasteiger partial charge in [0.1, 0.15) is 11.2 Å². The molecule has 0 saturated heterocycles. The SMILES string of the molecule is CC1(C)Cc2c(sc3c2c2ncnn2c2nnc(SCC(N)=O)n32)CO1. The average Bonchev–Trinajstić information content (AvgIpc) is 3.27. The van der Waals surface area contributed by atoms with Crippen molar-refractivity contribution in [3.63, 3.8) is 0 Å². The first-order valence-corrected chi connectivity index (χ1v) is 9.81. The normalized spacial score (nSPS) is 16.5. The predicted octanol–water partition coefficient (Wildman–Crippen LogP) is 1.42. The van der Waals surface area contributed by atoms with E-state index in [1.54, 1.807) is 15.9 Å². The summed E-state index contributed by atoms with van der Waals surface area (Å²) in [5.41, 5.74) is 7.06. The maximum absolute atomic E-state index is 11.2. The Balaban J connectivity index is 1.86. The summed E-state index contributed by atoms with van der Waals surface area (Å²) in [6.45, 7) is 4.74. The van der Waals surface area contributed by atoms with Crippen LogP contribution in [0.1, 0.15) is 24.3 Å². The lowest BCUT2D eigenvalue weighted by atomic mass is 9.94. The summed E-state index contributed by atoms with van der Waals surface area (Å²) in [6.07, 6.45) is 2.32. The van der Waals surface area contributed by atoms with Crippen molar-refractivity contribution in [3.05, 3.63) is 16.8 Å². The summed E-state index contributed by atoms with van der Waals surface area (Å²) >= 11 is 2.91. The third kappa shape index (κ3) is 2.24. The van der Waals surface area contributed by atoms with Crippen molar-refractivity contribution < 1.29 is 9.53 Å². The van der Waals surface area contributed by atoms with Crippen LogP contribution >= 0.6 is 23.1 Å². The molecule has 1 aliphatic heterocycles. The van der Waals surface area contributed by atoms with Gasteiger partial charge >= 0.3 is 0 Å². The lowest BCUT2D eigenvalue weighted by Crippen LogP contribution is -2.31. The van der Waals surface area contributed by atoms with Crippen LogP contribution in [0.25, 0.3) is 21.6 Å². The van der Waals surface area contributed by atoms with Gasteiger partial charge in [-0.1, -0.05) is 11.8 Å². The molecule has 0 saturated carbocycles. The van der Waals surface area contributed by atoms with Gasteiger partial charge in [0.15, 0.2) is 10.8 Å². The highest BCUT2D eigenvalue weighted by atomic mass is 32.2. The highest BCUT2D eigenvalue weighted by molar-refractivity contribution is 7.99. The van der Waals surface area contributed by atoms with E-state index in [9.17, 15) is 4.79 Å². The zero-order chi connectivity index (χ0) is 18.1. The molecule has 0 fully saturated rings. The molecule has 1 aliphatic rings. The number of carbonyl (C=O) groups excluding carboxylic acids is 1. The second kappa shape index (κ2) is 5.38. The molecule has 134 valence electrons. The van der Waals surface area contributed by atoms with E-state index in [4.69, 9.17) is 10.5 Å². The van der Waals surface area contributed by atoms with Crippen LogP contribution in [0.15, 0.2) is 11.5 Å². The number of carbonyl (C=O) groups is 1. The number of primary amides is 1. The lowest BCUT2D eigenvalue weighted by molar-refractivity contribution is -0.115. The van der Waals surface area contributed by atoms with Crippen molar-refractivity contribution in [1.82, 2.24) is 29.2 Å². The number of hydrogen-bond acceptors (Lipinski definition) is 8. The number of thiophene rings is 1. The number of aromatic nitrogens is 6. The molecular formula is C15H15N7O2S2. The molecule has 1 amide bonds. The van der Waals surface area contributed by atoms with Crippen LogP contribution in [0.3, 0.4) is 0 Å². The van der Waals surface area contributed by atoms with Crippen LogP contribution in [0.4, 0.5) is 0 Å². The number of nitrogens with two attached hydrogens (primary N) is 1. The second-order valence-corrected chi connectivity index (χ2v) is 8.80. The molecule has 0 aliphatic carbocycles. The molecule has 5 rings (SSSR count). The molecule has 4 aromatic heterocycles. The Hall–Kier alpha value is -2.24. The Morgan fingerprint density at radius 1 is 1.46 bits per heavy atom. The van der Waals surface area contributed by atoms with E-state index in [2.05, 4.69) is 34.1 Å². The first kappa shape index (κ1) is 16.0. The van der Waals surface area contributed by atoms with Crippen molar-refractivity contribution in [3.8, 4) is 0 Å². The van der Waals surface area contributed by atoms with E-state index in [1.165, 1.54) is 28.5 Å². The molecule has 11 heteroatoms. The molecule has 2 N–H and O–H groups in total.